The van der Waals surface area contributed by atoms with E-state index >= 15 is 0 Å². The molecule has 4 bridgehead atoms. The molecule has 0 radical (unpaired) electrons. The van der Waals surface area contributed by atoms with Crippen molar-refractivity contribution in [1.29, 1.82) is 0 Å². The summed E-state index contributed by atoms with van der Waals surface area (Å²) in [5, 5.41) is -1.77. The zero-order chi connectivity index (χ0) is 15.2. The van der Waals surface area contributed by atoms with Gasteiger partial charge < -0.3 is 0 Å². The Bertz CT molecular complexity index is 504. The van der Waals surface area contributed by atoms with E-state index in [2.05, 4.69) is 0 Å². The summed E-state index contributed by atoms with van der Waals surface area (Å²) >= 11 is 66.9. The Labute approximate surface area is 164 Å². The van der Waals surface area contributed by atoms with E-state index in [0.29, 0.717) is 0 Å². The molecule has 6 aliphatic rings. The molecular formula is C10H2Cl10. The number of hydrogen-bond acceptors (Lipinski definition) is 0. The molecule has 0 aromatic carbocycles. The third kappa shape index (κ3) is 0.606. The van der Waals surface area contributed by atoms with Gasteiger partial charge in [-0.2, -0.15) is 0 Å². The van der Waals surface area contributed by atoms with Gasteiger partial charge in [0.15, 0.2) is 0 Å². The Kier molecular flexibility index (Phi) is 2.24. The van der Waals surface area contributed by atoms with E-state index in [1.807, 2.05) is 0 Å². The van der Waals surface area contributed by atoms with Crippen LogP contribution in [-0.2, 0) is 0 Å². The molecule has 6 saturated carbocycles. The minimum atomic E-state index is -1.45. The topological polar surface area (TPSA) is 0 Å². The maximum atomic E-state index is 6.78. The van der Waals surface area contributed by atoms with Gasteiger partial charge in [-0.05, 0) is 0 Å². The molecule has 0 aliphatic heterocycles. The molecule has 0 aromatic rings. The summed E-state index contributed by atoms with van der Waals surface area (Å²) in [6.07, 6.45) is 0. The van der Waals surface area contributed by atoms with Gasteiger partial charge in [-0.15, -0.1) is 116 Å². The Morgan fingerprint density at radius 3 is 0.700 bits per heavy atom. The summed E-state index contributed by atoms with van der Waals surface area (Å²) in [5.74, 6) is 0. The third-order valence-electron chi connectivity index (χ3n) is 6.36. The molecule has 6 fully saturated rings. The molecule has 0 amide bonds. The summed E-state index contributed by atoms with van der Waals surface area (Å²) < 4.78 is 0. The van der Waals surface area contributed by atoms with Gasteiger partial charge in [0.25, 0.3) is 0 Å². The molecule has 0 atom stereocenters. The van der Waals surface area contributed by atoms with E-state index in [1.54, 1.807) is 0 Å². The monoisotopic (exact) mass is 472 g/mol. The fourth-order valence-corrected chi connectivity index (χ4v) is 14.7. The Balaban J connectivity index is 2.04. The number of rotatable bonds is 0. The lowest BCUT2D eigenvalue weighted by atomic mass is 9.41. The first kappa shape index (κ1) is 15.2. The Morgan fingerprint density at radius 1 is 0.400 bits per heavy atom. The van der Waals surface area contributed by atoms with Crippen molar-refractivity contribution in [3.05, 3.63) is 0 Å². The summed E-state index contributed by atoms with van der Waals surface area (Å²) in [6, 6.07) is 0. The van der Waals surface area contributed by atoms with Gasteiger partial charge in [0.2, 0.25) is 0 Å². The standard InChI is InChI=1S/C10H2Cl10/c11-1-3(13)7(17)5(15)2(12)6(16)9(7,19)4(1,14)10(6,20)8(3,5)18/h1-2H. The predicted octanol–water partition coefficient (Wildman–Crippen LogP) is 5.09. The predicted molar refractivity (Wildman–Crippen MR) is 88.0 cm³/mol. The Hall–Kier alpha value is 2.90. The van der Waals surface area contributed by atoms with Crippen LogP contribution >= 0.6 is 116 Å². The lowest BCUT2D eigenvalue weighted by molar-refractivity contribution is 0.000455. The minimum Gasteiger partial charge on any atom is -0.119 e. The van der Waals surface area contributed by atoms with Gasteiger partial charge in [-0.1, -0.05) is 0 Å². The molecule has 0 N–H and O–H groups in total. The van der Waals surface area contributed by atoms with Gasteiger partial charge in [0.1, 0.15) is 39.0 Å². The molecule has 0 nitrogen and oxygen atoms in total. The van der Waals surface area contributed by atoms with Crippen molar-refractivity contribution in [2.45, 2.75) is 49.7 Å². The van der Waals surface area contributed by atoms with Crippen LogP contribution in [0.4, 0.5) is 0 Å². The number of alkyl halides is 10. The molecule has 0 heterocycles. The van der Waals surface area contributed by atoms with Crippen molar-refractivity contribution in [2.24, 2.45) is 0 Å². The smallest absolute Gasteiger partial charge is 0.112 e. The van der Waals surface area contributed by atoms with E-state index in [0.717, 1.165) is 0 Å². The number of hydrogen-bond donors (Lipinski definition) is 0. The molecule has 112 valence electrons. The van der Waals surface area contributed by atoms with E-state index in [4.69, 9.17) is 116 Å². The average molecular weight is 477 g/mol. The van der Waals surface area contributed by atoms with Crippen molar-refractivity contribution in [3.8, 4) is 0 Å². The first-order chi connectivity index (χ1) is 8.81. The molecule has 10 heteroatoms. The highest BCUT2D eigenvalue weighted by Crippen LogP contribution is 3.08. The van der Waals surface area contributed by atoms with Crippen LogP contribution in [0.3, 0.4) is 0 Å². The lowest BCUT2D eigenvalue weighted by Gasteiger charge is -2.82. The Morgan fingerprint density at radius 2 is 0.550 bits per heavy atom. The zero-order valence-electron chi connectivity index (χ0n) is 8.93. The van der Waals surface area contributed by atoms with Crippen molar-refractivity contribution in [3.63, 3.8) is 0 Å². The second kappa shape index (κ2) is 2.95. The average Bonchev–Trinajstić information content (AvgIpc) is 2.66. The van der Waals surface area contributed by atoms with Crippen molar-refractivity contribution < 1.29 is 0 Å². The molecule has 0 aromatic heterocycles. The first-order valence-corrected chi connectivity index (χ1v) is 9.50. The van der Waals surface area contributed by atoms with Crippen LogP contribution < -0.4 is 0 Å². The van der Waals surface area contributed by atoms with Crippen molar-refractivity contribution in [1.82, 2.24) is 0 Å². The maximum absolute atomic E-state index is 6.78. The second-order valence-corrected chi connectivity index (χ2v) is 11.7. The zero-order valence-corrected chi connectivity index (χ0v) is 16.5. The quantitative estimate of drug-likeness (QED) is 0.427. The van der Waals surface area contributed by atoms with Crippen molar-refractivity contribution in [2.75, 3.05) is 0 Å². The summed E-state index contributed by atoms with van der Waals surface area (Å²) in [5.41, 5.74) is 0. The van der Waals surface area contributed by atoms with Crippen LogP contribution in [0, 0.1) is 0 Å². The van der Waals surface area contributed by atoms with Gasteiger partial charge in [-0.3, -0.25) is 0 Å². The van der Waals surface area contributed by atoms with Crippen LogP contribution in [0.5, 0.6) is 0 Å². The lowest BCUT2D eigenvalue weighted by Crippen LogP contribution is -3.03. The highest BCUT2D eigenvalue weighted by atomic mass is 35.5. The summed E-state index contributed by atoms with van der Waals surface area (Å²) in [6.45, 7) is 0. The van der Waals surface area contributed by atoms with E-state index in [9.17, 15) is 0 Å². The molecule has 20 heavy (non-hydrogen) atoms. The fourth-order valence-electron chi connectivity index (χ4n) is 5.83. The SMILES string of the molecule is ClC1C2(Cl)C3(Cl)C4(Cl)C(Cl)C5(Cl)C3(Cl)C1(Cl)C5(Cl)C24Cl. The maximum Gasteiger partial charge on any atom is 0.112 e. The van der Waals surface area contributed by atoms with Crippen LogP contribution in [0.15, 0.2) is 0 Å². The van der Waals surface area contributed by atoms with E-state index in [-0.39, 0.29) is 0 Å². The second-order valence-electron chi connectivity index (χ2n) is 6.21. The molecule has 6 rings (SSSR count). The molecule has 6 aliphatic carbocycles. The van der Waals surface area contributed by atoms with Crippen LogP contribution in [-0.4, -0.2) is 49.7 Å². The third-order valence-corrected chi connectivity index (χ3v) is 15.7. The van der Waals surface area contributed by atoms with Crippen molar-refractivity contribution >= 4 is 116 Å². The molecule has 0 unspecified atom stereocenters. The van der Waals surface area contributed by atoms with Gasteiger partial charge in [-0.25, -0.2) is 0 Å². The van der Waals surface area contributed by atoms with E-state index < -0.39 is 49.7 Å². The van der Waals surface area contributed by atoms with Gasteiger partial charge >= 0.3 is 0 Å². The minimum absolute atomic E-state index is 0.883. The summed E-state index contributed by atoms with van der Waals surface area (Å²) in [7, 11) is 0. The normalized spacial score (nSPS) is 89.1. The highest BCUT2D eigenvalue weighted by Gasteiger charge is 3.27. The van der Waals surface area contributed by atoms with Gasteiger partial charge in [0.05, 0.1) is 10.8 Å². The largest absolute Gasteiger partial charge is 0.119 e. The molecular weight excluding hydrogens is 475 g/mol. The van der Waals surface area contributed by atoms with E-state index in [1.165, 1.54) is 0 Å². The first-order valence-electron chi connectivity index (χ1n) is 5.60. The van der Waals surface area contributed by atoms with Crippen LogP contribution in [0.1, 0.15) is 0 Å². The molecule has 0 spiro atoms. The number of halogens is 10. The van der Waals surface area contributed by atoms with Crippen LogP contribution in [0.2, 0.25) is 0 Å². The summed E-state index contributed by atoms with van der Waals surface area (Å²) in [4.78, 5) is -11.3. The van der Waals surface area contributed by atoms with Gasteiger partial charge in [0, 0.05) is 0 Å². The van der Waals surface area contributed by atoms with Crippen LogP contribution in [0.25, 0.3) is 0 Å². The fraction of sp³-hybridized carbons (Fsp3) is 1.00. The highest BCUT2D eigenvalue weighted by molar-refractivity contribution is 6.74. The molecule has 0 saturated heterocycles.